The lowest BCUT2D eigenvalue weighted by Gasteiger charge is -2.46. The molecule has 2 N–H and O–H groups in total. The number of nitrogens with zero attached hydrogens (tertiary/aromatic N) is 5. The van der Waals surface area contributed by atoms with Gasteiger partial charge in [-0.05, 0) is 83.2 Å². The number of ether oxygens (including phenoxy) is 6. The van der Waals surface area contributed by atoms with Gasteiger partial charge in [0.1, 0.15) is 59.2 Å². The van der Waals surface area contributed by atoms with Crippen molar-refractivity contribution >= 4 is 27.9 Å². The molecule has 3 aliphatic rings. The Kier molecular flexibility index (Phi) is 10.3. The van der Waals surface area contributed by atoms with Crippen molar-refractivity contribution in [2.24, 2.45) is 5.92 Å². The summed E-state index contributed by atoms with van der Waals surface area (Å²) in [6, 6.07) is 12.6. The Morgan fingerprint density at radius 1 is 1.02 bits per heavy atom. The summed E-state index contributed by atoms with van der Waals surface area (Å²) in [4.78, 5) is 19.5. The molecule has 0 spiro atoms. The molecule has 0 unspecified atom stereocenters. The molecule has 16 heteroatoms. The highest BCUT2D eigenvalue weighted by molar-refractivity contribution is 5.87. The fraction of sp³-hybridized carbons (Fsp3) is 0.525. The van der Waals surface area contributed by atoms with Crippen LogP contribution in [-0.2, 0) is 27.2 Å². The molecule has 3 aromatic heterocycles. The SMILES string of the molecule is COc1ccc(CNc2ncnc3c2ccn3[C@@H]2O[C@H](CN(C(C)C)C3CC(CCc4nc5cc(OC(F)(F)F)ccc5[nH]4)C3)[C@H]3OC(C)(C)O[C@@H]32)c(OC)c1. The highest BCUT2D eigenvalue weighted by atomic mass is 19.4. The monoisotopic (exact) mass is 779 g/mol. The van der Waals surface area contributed by atoms with Crippen LogP contribution in [0.15, 0.2) is 55.0 Å². The molecule has 0 radical (unpaired) electrons. The molecule has 1 aliphatic carbocycles. The van der Waals surface area contributed by atoms with Crippen molar-refractivity contribution < 1.29 is 41.6 Å². The van der Waals surface area contributed by atoms with Gasteiger partial charge in [0.25, 0.3) is 0 Å². The van der Waals surface area contributed by atoms with Gasteiger partial charge < -0.3 is 43.3 Å². The summed E-state index contributed by atoms with van der Waals surface area (Å²) in [5.41, 5.74) is 2.83. The molecule has 8 rings (SSSR count). The van der Waals surface area contributed by atoms with Gasteiger partial charge in [0.05, 0.1) is 30.6 Å². The Hall–Kier alpha value is -4.64. The van der Waals surface area contributed by atoms with Crippen LogP contribution < -0.4 is 19.5 Å². The van der Waals surface area contributed by atoms with Crippen LogP contribution in [0.2, 0.25) is 0 Å². The topological polar surface area (TPSA) is 130 Å². The van der Waals surface area contributed by atoms with Crippen LogP contribution in [-0.4, -0.2) is 92.7 Å². The first-order valence-corrected chi connectivity index (χ1v) is 19.0. The summed E-state index contributed by atoms with van der Waals surface area (Å²) >= 11 is 0. The fourth-order valence-electron chi connectivity index (χ4n) is 8.42. The number of benzene rings is 2. The molecule has 2 saturated heterocycles. The van der Waals surface area contributed by atoms with Gasteiger partial charge in [-0.1, -0.05) is 0 Å². The van der Waals surface area contributed by atoms with Crippen molar-refractivity contribution in [3.63, 3.8) is 0 Å². The molecular formula is C40H48F3N7O6. The second-order valence-electron chi connectivity index (χ2n) is 15.6. The van der Waals surface area contributed by atoms with Gasteiger partial charge in [0, 0.05) is 55.5 Å². The first-order chi connectivity index (χ1) is 26.8. The summed E-state index contributed by atoms with van der Waals surface area (Å²) in [6.07, 6.45) is 1.17. The van der Waals surface area contributed by atoms with Crippen molar-refractivity contribution in [3.8, 4) is 17.2 Å². The molecule has 5 heterocycles. The van der Waals surface area contributed by atoms with Crippen molar-refractivity contribution in [3.05, 3.63) is 66.4 Å². The number of hydrogen-bond acceptors (Lipinski definition) is 11. The molecule has 0 amide bonds. The van der Waals surface area contributed by atoms with Crippen LogP contribution in [0.5, 0.6) is 17.2 Å². The quantitative estimate of drug-likeness (QED) is 0.117. The third kappa shape index (κ3) is 7.84. The van der Waals surface area contributed by atoms with Gasteiger partial charge in [-0.2, -0.15) is 0 Å². The maximum atomic E-state index is 12.7. The van der Waals surface area contributed by atoms with Crippen molar-refractivity contribution in [1.29, 1.82) is 0 Å². The fourth-order valence-corrected chi connectivity index (χ4v) is 8.42. The van der Waals surface area contributed by atoms with E-state index >= 15 is 0 Å². The number of methoxy groups -OCH3 is 2. The number of aromatic amines is 1. The van der Waals surface area contributed by atoms with Gasteiger partial charge in [-0.3, -0.25) is 4.90 Å². The zero-order valence-corrected chi connectivity index (χ0v) is 32.3. The highest BCUT2D eigenvalue weighted by Crippen LogP contribution is 2.46. The molecule has 3 fully saturated rings. The van der Waals surface area contributed by atoms with Crippen LogP contribution in [0.4, 0.5) is 19.0 Å². The standard InChI is InChI=1S/C40H48F3N7O6/c1-22(2)50(25-15-23(16-25)7-12-33-47-29-11-10-27(17-30(29)48-33)54-40(41,42)43)20-32-34-35(56-39(3,4)55-34)38(53-32)49-14-13-28-36(45-21-46-37(28)49)44-19-24-8-9-26(51-5)18-31(24)52-6/h8-11,13-14,17-18,21-23,25,32,34-35,38H,7,12,15-16,19-20H2,1-6H3,(H,47,48)(H,44,45,46)/t23?,25?,32-,34-,35+,38-/m1/s1. The van der Waals surface area contributed by atoms with Gasteiger partial charge in [0.2, 0.25) is 0 Å². The van der Waals surface area contributed by atoms with Gasteiger partial charge >= 0.3 is 6.36 Å². The number of alkyl halides is 3. The lowest BCUT2D eigenvalue weighted by atomic mass is 9.76. The summed E-state index contributed by atoms with van der Waals surface area (Å²) in [6.45, 7) is 9.48. The van der Waals surface area contributed by atoms with E-state index in [0.717, 1.165) is 53.2 Å². The second-order valence-corrected chi connectivity index (χ2v) is 15.6. The summed E-state index contributed by atoms with van der Waals surface area (Å²) in [5, 5.41) is 4.31. The third-order valence-corrected chi connectivity index (χ3v) is 11.1. The van der Waals surface area contributed by atoms with Crippen LogP contribution in [0.25, 0.3) is 22.1 Å². The Bertz CT molecular complexity index is 2170. The number of aromatic nitrogens is 5. The molecule has 2 aromatic carbocycles. The molecule has 13 nitrogen and oxygen atoms in total. The van der Waals surface area contributed by atoms with Crippen LogP contribution >= 0.6 is 0 Å². The minimum Gasteiger partial charge on any atom is -0.497 e. The predicted molar refractivity (Wildman–Crippen MR) is 202 cm³/mol. The van der Waals surface area contributed by atoms with Crippen LogP contribution in [0, 0.1) is 5.92 Å². The second kappa shape index (κ2) is 15.0. The average molecular weight is 780 g/mol. The van der Waals surface area contributed by atoms with Gasteiger partial charge in [-0.15, -0.1) is 13.2 Å². The number of H-pyrrole nitrogens is 1. The Morgan fingerprint density at radius 2 is 1.80 bits per heavy atom. The van der Waals surface area contributed by atoms with Crippen molar-refractivity contribution in [2.75, 3.05) is 26.1 Å². The summed E-state index contributed by atoms with van der Waals surface area (Å²) in [5.74, 6) is 2.35. The Balaban J connectivity index is 0.922. The van der Waals surface area contributed by atoms with E-state index in [1.165, 1.54) is 12.1 Å². The van der Waals surface area contributed by atoms with Crippen LogP contribution in [0.3, 0.4) is 0 Å². The molecule has 2 aliphatic heterocycles. The normalized spacial score (nSPS) is 24.6. The maximum Gasteiger partial charge on any atom is 0.573 e. The molecular weight excluding hydrogens is 731 g/mol. The Labute approximate surface area is 322 Å². The number of rotatable bonds is 14. The van der Waals surface area contributed by atoms with E-state index in [1.54, 1.807) is 26.6 Å². The molecule has 56 heavy (non-hydrogen) atoms. The lowest BCUT2D eigenvalue weighted by molar-refractivity contribution is -0.274. The minimum absolute atomic E-state index is 0.241. The average Bonchev–Trinajstić information content (AvgIpc) is 3.90. The van der Waals surface area contributed by atoms with E-state index in [0.29, 0.717) is 48.3 Å². The number of halogens is 3. The first kappa shape index (κ1) is 38.2. The minimum atomic E-state index is -4.75. The van der Waals surface area contributed by atoms with E-state index in [1.807, 2.05) is 48.9 Å². The van der Waals surface area contributed by atoms with E-state index in [9.17, 15) is 13.2 Å². The third-order valence-electron chi connectivity index (χ3n) is 11.1. The molecule has 300 valence electrons. The van der Waals surface area contributed by atoms with Gasteiger partial charge in [-0.25, -0.2) is 15.0 Å². The number of aryl methyl sites for hydroxylation is 1. The molecule has 1 saturated carbocycles. The number of nitrogens with one attached hydrogen (secondary N) is 2. The first-order valence-electron chi connectivity index (χ1n) is 19.0. The largest absolute Gasteiger partial charge is 0.573 e. The zero-order chi connectivity index (χ0) is 39.4. The maximum absolute atomic E-state index is 12.7. The number of fused-ring (bicyclic) bond motifs is 3. The number of imidazole rings is 1. The van der Waals surface area contributed by atoms with Crippen molar-refractivity contribution in [1.82, 2.24) is 29.4 Å². The van der Waals surface area contributed by atoms with Crippen molar-refractivity contribution in [2.45, 2.75) is 109 Å². The summed E-state index contributed by atoms with van der Waals surface area (Å²) < 4.78 is 75.0. The zero-order valence-electron chi connectivity index (χ0n) is 32.3. The van der Waals surface area contributed by atoms with E-state index in [4.69, 9.17) is 23.7 Å². The summed E-state index contributed by atoms with van der Waals surface area (Å²) in [7, 11) is 3.26. The van der Waals surface area contributed by atoms with Gasteiger partial charge in [0.15, 0.2) is 12.0 Å². The van der Waals surface area contributed by atoms with E-state index < -0.39 is 18.4 Å². The molecule has 0 bridgehead atoms. The van der Waals surface area contributed by atoms with E-state index in [-0.39, 0.29) is 30.1 Å². The number of hydrogen-bond donors (Lipinski definition) is 2. The molecule has 4 atom stereocenters. The van der Waals surface area contributed by atoms with Crippen LogP contribution in [0.1, 0.15) is 64.6 Å². The molecule has 5 aromatic rings. The predicted octanol–water partition coefficient (Wildman–Crippen LogP) is 7.37. The Morgan fingerprint density at radius 3 is 2.55 bits per heavy atom. The smallest absolute Gasteiger partial charge is 0.497 e. The highest BCUT2D eigenvalue weighted by Gasteiger charge is 2.56. The number of anilines is 1. The van der Waals surface area contributed by atoms with E-state index in [2.05, 4.69) is 48.7 Å². The lowest BCUT2D eigenvalue weighted by Crippen LogP contribution is -2.52.